The molecular formula is C13H18O3S. The van der Waals surface area contributed by atoms with Crippen LogP contribution in [0.3, 0.4) is 0 Å². The van der Waals surface area contributed by atoms with Crippen molar-refractivity contribution >= 4 is 11.3 Å². The number of hydrogen-bond acceptors (Lipinski definition) is 4. The summed E-state index contributed by atoms with van der Waals surface area (Å²) < 4.78 is 10.6. The highest BCUT2D eigenvalue weighted by Gasteiger charge is 2.05. The zero-order chi connectivity index (χ0) is 12.5. The van der Waals surface area contributed by atoms with E-state index in [0.29, 0.717) is 19.6 Å². The Labute approximate surface area is 106 Å². The molecule has 0 fully saturated rings. The molecule has 0 saturated heterocycles. The normalized spacial score (nSPS) is 11.9. The lowest BCUT2D eigenvalue weighted by Crippen LogP contribution is -2.14. The van der Waals surface area contributed by atoms with Crippen molar-refractivity contribution in [3.05, 3.63) is 21.9 Å². The predicted octanol–water partition coefficient (Wildman–Crippen LogP) is 2.03. The molecule has 0 saturated carbocycles. The minimum Gasteiger partial charge on any atom is -0.395 e. The first-order chi connectivity index (χ1) is 8.27. The van der Waals surface area contributed by atoms with Gasteiger partial charge in [-0.15, -0.1) is 11.3 Å². The van der Waals surface area contributed by atoms with Gasteiger partial charge in [-0.1, -0.05) is 11.8 Å². The first-order valence-electron chi connectivity index (χ1n) is 5.54. The molecular weight excluding hydrogens is 236 g/mol. The van der Waals surface area contributed by atoms with Gasteiger partial charge < -0.3 is 14.6 Å². The first-order valence-corrected chi connectivity index (χ1v) is 6.42. The molecule has 1 rings (SSSR count). The molecule has 1 heterocycles. The Morgan fingerprint density at radius 3 is 3.06 bits per heavy atom. The molecule has 0 amide bonds. The smallest absolute Gasteiger partial charge is 0.0826 e. The van der Waals surface area contributed by atoms with Gasteiger partial charge in [0.2, 0.25) is 0 Å². The topological polar surface area (TPSA) is 38.7 Å². The third-order valence-corrected chi connectivity index (χ3v) is 3.00. The summed E-state index contributed by atoms with van der Waals surface area (Å²) in [6.07, 6.45) is 0.594. The lowest BCUT2D eigenvalue weighted by atomic mass is 10.2. The van der Waals surface area contributed by atoms with Gasteiger partial charge in [0.15, 0.2) is 0 Å². The zero-order valence-corrected chi connectivity index (χ0v) is 11.0. The molecule has 0 spiro atoms. The predicted molar refractivity (Wildman–Crippen MR) is 69.0 cm³/mol. The van der Waals surface area contributed by atoms with Gasteiger partial charge in [-0.05, 0) is 18.4 Å². The Morgan fingerprint density at radius 1 is 1.53 bits per heavy atom. The number of ether oxygens (including phenoxy) is 2. The Hall–Kier alpha value is -0.860. The second kappa shape index (κ2) is 8.26. The van der Waals surface area contributed by atoms with E-state index in [1.165, 1.54) is 0 Å². The van der Waals surface area contributed by atoms with Gasteiger partial charge in [0.25, 0.3) is 0 Å². The number of thiophene rings is 1. The average molecular weight is 254 g/mol. The SMILES string of the molecule is COCC(C)OCc1sccc1C#CCCO. The van der Waals surface area contributed by atoms with E-state index in [0.717, 1.165) is 10.4 Å². The standard InChI is InChI=1S/C13H18O3S/c1-11(9-15-2)16-10-13-12(6-8-17-13)5-3-4-7-14/h6,8,11,14H,4,7,9-10H2,1-2H3. The van der Waals surface area contributed by atoms with Crippen LogP contribution in [0.15, 0.2) is 11.4 Å². The lowest BCUT2D eigenvalue weighted by molar-refractivity contribution is 0.000867. The number of hydrogen-bond donors (Lipinski definition) is 1. The highest BCUT2D eigenvalue weighted by molar-refractivity contribution is 7.10. The van der Waals surface area contributed by atoms with Crippen LogP contribution in [0.5, 0.6) is 0 Å². The van der Waals surface area contributed by atoms with Crippen molar-refractivity contribution in [3.63, 3.8) is 0 Å². The van der Waals surface area contributed by atoms with E-state index < -0.39 is 0 Å². The van der Waals surface area contributed by atoms with Crippen molar-refractivity contribution in [1.29, 1.82) is 0 Å². The number of aliphatic hydroxyl groups is 1. The van der Waals surface area contributed by atoms with E-state index in [1.54, 1.807) is 18.4 Å². The van der Waals surface area contributed by atoms with Crippen molar-refractivity contribution < 1.29 is 14.6 Å². The molecule has 94 valence electrons. The maximum absolute atomic E-state index is 8.66. The molecule has 0 radical (unpaired) electrons. The van der Waals surface area contributed by atoms with Crippen molar-refractivity contribution in [1.82, 2.24) is 0 Å². The maximum Gasteiger partial charge on any atom is 0.0826 e. The Balaban J connectivity index is 2.49. The van der Waals surface area contributed by atoms with Crippen LogP contribution in [0.4, 0.5) is 0 Å². The van der Waals surface area contributed by atoms with Gasteiger partial charge in [0.05, 0.1) is 25.9 Å². The summed E-state index contributed by atoms with van der Waals surface area (Å²) in [5.41, 5.74) is 0.994. The molecule has 0 aromatic carbocycles. The fraction of sp³-hybridized carbons (Fsp3) is 0.538. The maximum atomic E-state index is 8.66. The van der Waals surface area contributed by atoms with Crippen LogP contribution in [0, 0.1) is 11.8 Å². The van der Waals surface area contributed by atoms with Gasteiger partial charge in [-0.25, -0.2) is 0 Å². The molecule has 0 bridgehead atoms. The molecule has 4 heteroatoms. The van der Waals surface area contributed by atoms with Crippen LogP contribution in [0.1, 0.15) is 23.8 Å². The van der Waals surface area contributed by atoms with E-state index in [4.69, 9.17) is 14.6 Å². The third kappa shape index (κ3) is 5.33. The van der Waals surface area contributed by atoms with E-state index in [2.05, 4.69) is 11.8 Å². The van der Waals surface area contributed by atoms with E-state index in [1.807, 2.05) is 18.4 Å². The van der Waals surface area contributed by atoms with Crippen LogP contribution in [0.25, 0.3) is 0 Å². The minimum absolute atomic E-state index is 0.0837. The van der Waals surface area contributed by atoms with Gasteiger partial charge in [-0.3, -0.25) is 0 Å². The summed E-state index contributed by atoms with van der Waals surface area (Å²) >= 11 is 1.64. The Kier molecular flexibility index (Phi) is 6.90. The highest BCUT2D eigenvalue weighted by Crippen LogP contribution is 2.17. The highest BCUT2D eigenvalue weighted by atomic mass is 32.1. The monoisotopic (exact) mass is 254 g/mol. The van der Waals surface area contributed by atoms with Crippen LogP contribution in [-0.2, 0) is 16.1 Å². The molecule has 17 heavy (non-hydrogen) atoms. The Bertz CT molecular complexity index is 376. The molecule has 0 aliphatic carbocycles. The fourth-order valence-corrected chi connectivity index (χ4v) is 2.03. The van der Waals surface area contributed by atoms with Crippen molar-refractivity contribution in [2.45, 2.75) is 26.1 Å². The van der Waals surface area contributed by atoms with Gasteiger partial charge in [-0.2, -0.15) is 0 Å². The largest absolute Gasteiger partial charge is 0.395 e. The number of methoxy groups -OCH3 is 1. The van der Waals surface area contributed by atoms with Crippen LogP contribution < -0.4 is 0 Å². The molecule has 1 aromatic rings. The second-order valence-corrected chi connectivity index (χ2v) is 4.61. The summed E-state index contributed by atoms with van der Waals surface area (Å²) in [5, 5.41) is 10.7. The molecule has 0 aliphatic heterocycles. The van der Waals surface area contributed by atoms with Gasteiger partial charge in [0, 0.05) is 24.0 Å². The first kappa shape index (κ1) is 14.2. The minimum atomic E-state index is 0.0837. The molecule has 0 aliphatic rings. The van der Waals surface area contributed by atoms with E-state index >= 15 is 0 Å². The van der Waals surface area contributed by atoms with Crippen LogP contribution in [-0.4, -0.2) is 31.5 Å². The van der Waals surface area contributed by atoms with Crippen molar-refractivity contribution in [3.8, 4) is 11.8 Å². The fourth-order valence-electron chi connectivity index (χ4n) is 1.28. The second-order valence-electron chi connectivity index (χ2n) is 3.61. The van der Waals surface area contributed by atoms with Gasteiger partial charge in [0.1, 0.15) is 0 Å². The summed E-state index contributed by atoms with van der Waals surface area (Å²) in [6.45, 7) is 3.24. The number of aliphatic hydroxyl groups excluding tert-OH is 1. The summed E-state index contributed by atoms with van der Waals surface area (Å²) in [6, 6.07) is 1.98. The molecule has 1 atom stereocenters. The van der Waals surface area contributed by atoms with Crippen LogP contribution in [0.2, 0.25) is 0 Å². The Morgan fingerprint density at radius 2 is 2.35 bits per heavy atom. The molecule has 1 aromatic heterocycles. The molecule has 1 unspecified atom stereocenters. The zero-order valence-electron chi connectivity index (χ0n) is 10.2. The molecule has 3 nitrogen and oxygen atoms in total. The average Bonchev–Trinajstić information content (AvgIpc) is 2.75. The van der Waals surface area contributed by atoms with Crippen LogP contribution >= 0.6 is 11.3 Å². The van der Waals surface area contributed by atoms with E-state index in [9.17, 15) is 0 Å². The van der Waals surface area contributed by atoms with Crippen molar-refractivity contribution in [2.75, 3.05) is 20.3 Å². The lowest BCUT2D eigenvalue weighted by Gasteiger charge is -2.10. The third-order valence-electron chi connectivity index (χ3n) is 2.11. The molecule has 1 N–H and O–H groups in total. The van der Waals surface area contributed by atoms with Crippen molar-refractivity contribution in [2.24, 2.45) is 0 Å². The summed E-state index contributed by atoms with van der Waals surface area (Å²) in [5.74, 6) is 5.96. The summed E-state index contributed by atoms with van der Waals surface area (Å²) in [7, 11) is 1.66. The van der Waals surface area contributed by atoms with E-state index in [-0.39, 0.29) is 12.7 Å². The quantitative estimate of drug-likeness (QED) is 0.790. The van der Waals surface area contributed by atoms with Gasteiger partial charge >= 0.3 is 0 Å². The summed E-state index contributed by atoms with van der Waals surface area (Å²) in [4.78, 5) is 1.12. The number of rotatable bonds is 6.